The summed E-state index contributed by atoms with van der Waals surface area (Å²) in [6.45, 7) is 0.204. The van der Waals surface area contributed by atoms with E-state index in [-0.39, 0.29) is 24.4 Å². The average Bonchev–Trinajstić information content (AvgIpc) is 3.38. The van der Waals surface area contributed by atoms with Crippen molar-refractivity contribution in [2.75, 3.05) is 26.6 Å². The molecule has 2 heterocycles. The van der Waals surface area contributed by atoms with Gasteiger partial charge in [-0.15, -0.1) is 0 Å². The van der Waals surface area contributed by atoms with E-state index in [9.17, 15) is 4.79 Å². The van der Waals surface area contributed by atoms with Gasteiger partial charge in [-0.1, -0.05) is 30.3 Å². The fourth-order valence-corrected chi connectivity index (χ4v) is 4.56. The number of ketones is 1. The van der Waals surface area contributed by atoms with E-state index in [4.69, 9.17) is 18.9 Å². The molecular weight excluding hydrogens is 484 g/mol. The maximum absolute atomic E-state index is 13.8. The van der Waals surface area contributed by atoms with Crippen LogP contribution >= 0.6 is 0 Å². The molecule has 0 fully saturated rings. The monoisotopic (exact) mass is 512 g/mol. The first-order valence-corrected chi connectivity index (χ1v) is 12.2. The first-order chi connectivity index (χ1) is 18.6. The van der Waals surface area contributed by atoms with Crippen LogP contribution in [0.4, 0.5) is 5.82 Å². The van der Waals surface area contributed by atoms with Crippen LogP contribution in [0.5, 0.6) is 23.3 Å². The van der Waals surface area contributed by atoms with Crippen LogP contribution in [0.2, 0.25) is 0 Å². The molecule has 9 nitrogen and oxygen atoms in total. The summed E-state index contributed by atoms with van der Waals surface area (Å²) in [7, 11) is 4.53. The number of carbonyl (C=O) groups is 1. The summed E-state index contributed by atoms with van der Waals surface area (Å²) in [4.78, 5) is 27.0. The summed E-state index contributed by atoms with van der Waals surface area (Å²) in [6, 6.07) is 17.4. The Morgan fingerprint density at radius 1 is 0.921 bits per heavy atom. The Hall–Kier alpha value is -4.66. The molecule has 194 valence electrons. The van der Waals surface area contributed by atoms with E-state index in [1.165, 1.54) is 38.7 Å². The molecule has 38 heavy (non-hydrogen) atoms. The van der Waals surface area contributed by atoms with E-state index >= 15 is 0 Å². The van der Waals surface area contributed by atoms with Crippen LogP contribution in [0.15, 0.2) is 67.0 Å². The van der Waals surface area contributed by atoms with Gasteiger partial charge in [-0.3, -0.25) is 9.78 Å². The van der Waals surface area contributed by atoms with Gasteiger partial charge in [0.25, 0.3) is 0 Å². The number of ether oxygens (including phenoxy) is 4. The van der Waals surface area contributed by atoms with Crippen molar-refractivity contribution in [1.29, 1.82) is 0 Å². The molecule has 0 aliphatic heterocycles. The lowest BCUT2D eigenvalue weighted by Crippen LogP contribution is -2.23. The SMILES string of the molecule is COc1cc(C(=O)c2cnc(OCc3ccccn3)nc2NC2Cc3ccccc3C2)cc(OC)c1OC. The second-order valence-electron chi connectivity index (χ2n) is 8.79. The lowest BCUT2D eigenvalue weighted by Gasteiger charge is -2.17. The van der Waals surface area contributed by atoms with Gasteiger partial charge < -0.3 is 24.3 Å². The van der Waals surface area contributed by atoms with Crippen LogP contribution < -0.4 is 24.3 Å². The minimum absolute atomic E-state index is 0.0671. The number of aromatic nitrogens is 3. The van der Waals surface area contributed by atoms with Crippen molar-refractivity contribution in [3.8, 4) is 23.3 Å². The third kappa shape index (κ3) is 5.22. The maximum atomic E-state index is 13.8. The molecule has 0 amide bonds. The normalized spacial score (nSPS) is 12.5. The van der Waals surface area contributed by atoms with Gasteiger partial charge in [0.15, 0.2) is 17.3 Å². The summed E-state index contributed by atoms with van der Waals surface area (Å²) in [6.07, 6.45) is 4.82. The van der Waals surface area contributed by atoms with E-state index in [0.717, 1.165) is 18.5 Å². The number of fused-ring (bicyclic) bond motifs is 1. The van der Waals surface area contributed by atoms with Crippen LogP contribution in [0.3, 0.4) is 0 Å². The van der Waals surface area contributed by atoms with Gasteiger partial charge in [0, 0.05) is 24.0 Å². The number of benzene rings is 2. The van der Waals surface area contributed by atoms with E-state index in [1.54, 1.807) is 18.3 Å². The van der Waals surface area contributed by atoms with Crippen molar-refractivity contribution in [2.45, 2.75) is 25.5 Å². The molecule has 4 aromatic rings. The second kappa shape index (κ2) is 11.2. The third-order valence-corrected chi connectivity index (χ3v) is 6.41. The number of methoxy groups -OCH3 is 3. The third-order valence-electron chi connectivity index (χ3n) is 6.41. The molecular formula is C29H28N4O5. The van der Waals surface area contributed by atoms with Crippen molar-refractivity contribution in [2.24, 2.45) is 0 Å². The Morgan fingerprint density at radius 3 is 2.21 bits per heavy atom. The van der Waals surface area contributed by atoms with Crippen molar-refractivity contribution < 1.29 is 23.7 Å². The van der Waals surface area contributed by atoms with Crippen molar-refractivity contribution in [3.63, 3.8) is 0 Å². The topological polar surface area (TPSA) is 105 Å². The number of hydrogen-bond donors (Lipinski definition) is 1. The number of hydrogen-bond acceptors (Lipinski definition) is 9. The molecule has 0 saturated heterocycles. The molecule has 1 N–H and O–H groups in total. The second-order valence-corrected chi connectivity index (χ2v) is 8.79. The van der Waals surface area contributed by atoms with Crippen LogP contribution in [0.25, 0.3) is 0 Å². The van der Waals surface area contributed by atoms with Crippen molar-refractivity contribution >= 4 is 11.6 Å². The minimum Gasteiger partial charge on any atom is -0.493 e. The number of pyridine rings is 1. The van der Waals surface area contributed by atoms with Gasteiger partial charge >= 0.3 is 6.01 Å². The van der Waals surface area contributed by atoms with E-state index in [2.05, 4.69) is 32.4 Å². The molecule has 0 radical (unpaired) electrons. The predicted molar refractivity (Wildman–Crippen MR) is 141 cm³/mol. The first-order valence-electron chi connectivity index (χ1n) is 12.2. The lowest BCUT2D eigenvalue weighted by atomic mass is 10.0. The summed E-state index contributed by atoms with van der Waals surface area (Å²) in [5, 5.41) is 3.47. The largest absolute Gasteiger partial charge is 0.493 e. The Kier molecular flexibility index (Phi) is 7.35. The summed E-state index contributed by atoms with van der Waals surface area (Å²) >= 11 is 0. The summed E-state index contributed by atoms with van der Waals surface area (Å²) in [5.74, 6) is 1.27. The molecule has 2 aromatic heterocycles. The Balaban J connectivity index is 1.47. The molecule has 0 saturated carbocycles. The Morgan fingerprint density at radius 2 is 1.61 bits per heavy atom. The van der Waals surface area contributed by atoms with Gasteiger partial charge in [0.05, 0.1) is 32.6 Å². The molecule has 2 aromatic carbocycles. The molecule has 0 atom stereocenters. The predicted octanol–water partition coefficient (Wildman–Crippen LogP) is 4.29. The van der Waals surface area contributed by atoms with Gasteiger partial charge in [-0.25, -0.2) is 4.98 Å². The van der Waals surface area contributed by atoms with E-state index in [1.807, 2.05) is 30.3 Å². The standard InChI is InChI=1S/C29H28N4O5/c1-35-24-14-20(15-25(36-2)27(24)37-3)26(34)23-16-31-29(38-17-21-10-6-7-11-30-21)33-28(23)32-22-12-18-8-4-5-9-19(18)13-22/h4-11,14-16,22H,12-13,17H2,1-3H3,(H,31,32,33). The smallest absolute Gasteiger partial charge is 0.318 e. The number of nitrogens with zero attached hydrogens (tertiary/aromatic N) is 3. The summed E-state index contributed by atoms with van der Waals surface area (Å²) < 4.78 is 22.1. The number of carbonyl (C=O) groups excluding carboxylic acids is 1. The first kappa shape index (κ1) is 25.0. The maximum Gasteiger partial charge on any atom is 0.318 e. The minimum atomic E-state index is -0.293. The number of nitrogens with one attached hydrogen (secondary N) is 1. The highest BCUT2D eigenvalue weighted by Gasteiger charge is 2.26. The van der Waals surface area contributed by atoms with Crippen LogP contribution in [0, 0.1) is 0 Å². The van der Waals surface area contributed by atoms with Crippen LogP contribution in [-0.2, 0) is 19.4 Å². The fraction of sp³-hybridized carbons (Fsp3) is 0.241. The van der Waals surface area contributed by atoms with Gasteiger partial charge in [0.1, 0.15) is 12.4 Å². The molecule has 9 heteroatoms. The highest BCUT2D eigenvalue weighted by atomic mass is 16.5. The van der Waals surface area contributed by atoms with E-state index < -0.39 is 0 Å². The van der Waals surface area contributed by atoms with E-state index in [0.29, 0.717) is 34.2 Å². The van der Waals surface area contributed by atoms with Gasteiger partial charge in [-0.2, -0.15) is 4.98 Å². The summed E-state index contributed by atoms with van der Waals surface area (Å²) in [5.41, 5.74) is 3.96. The number of anilines is 1. The average molecular weight is 513 g/mol. The molecule has 0 bridgehead atoms. The molecule has 0 spiro atoms. The van der Waals surface area contributed by atoms with Gasteiger partial charge in [0.2, 0.25) is 5.75 Å². The van der Waals surface area contributed by atoms with Crippen LogP contribution in [0.1, 0.15) is 32.7 Å². The molecule has 1 aliphatic rings. The Bertz CT molecular complexity index is 1390. The molecule has 1 aliphatic carbocycles. The highest BCUT2D eigenvalue weighted by molar-refractivity contribution is 6.12. The zero-order valence-electron chi connectivity index (χ0n) is 21.4. The van der Waals surface area contributed by atoms with Gasteiger partial charge in [-0.05, 0) is 48.2 Å². The highest BCUT2D eigenvalue weighted by Crippen LogP contribution is 2.39. The fourth-order valence-electron chi connectivity index (χ4n) is 4.56. The van der Waals surface area contributed by atoms with Crippen LogP contribution in [-0.4, -0.2) is 48.1 Å². The zero-order valence-corrected chi connectivity index (χ0v) is 21.4. The van der Waals surface area contributed by atoms with Crippen molar-refractivity contribution in [1.82, 2.24) is 15.0 Å². The number of rotatable bonds is 10. The zero-order chi connectivity index (χ0) is 26.5. The quantitative estimate of drug-likeness (QED) is 0.312. The molecule has 5 rings (SSSR count). The molecule has 0 unspecified atom stereocenters. The van der Waals surface area contributed by atoms with Crippen molar-refractivity contribution in [3.05, 3.63) is 94.9 Å². The lowest BCUT2D eigenvalue weighted by molar-refractivity contribution is 0.103. The Labute approximate surface area is 220 Å².